The minimum absolute atomic E-state index is 0.00703. The number of amides is 1. The van der Waals surface area contributed by atoms with E-state index in [0.717, 1.165) is 30.6 Å². The van der Waals surface area contributed by atoms with E-state index in [-0.39, 0.29) is 12.5 Å². The number of imidazole rings is 1. The van der Waals surface area contributed by atoms with E-state index in [0.29, 0.717) is 13.0 Å². The van der Waals surface area contributed by atoms with Gasteiger partial charge in [0.15, 0.2) is 0 Å². The maximum atomic E-state index is 11.7. The number of aliphatic hydroxyl groups excluding tert-OH is 1. The van der Waals surface area contributed by atoms with Gasteiger partial charge in [-0.05, 0) is 31.4 Å². The van der Waals surface area contributed by atoms with Crippen molar-refractivity contribution >= 4 is 11.6 Å². The Labute approximate surface area is 112 Å². The number of unbranched alkanes of at least 4 members (excludes halogenated alkanes) is 2. The highest BCUT2D eigenvalue weighted by Gasteiger charge is 2.06. The molecule has 0 radical (unpaired) electrons. The highest BCUT2D eigenvalue weighted by molar-refractivity contribution is 5.78. The van der Waals surface area contributed by atoms with Crippen molar-refractivity contribution in [2.45, 2.75) is 25.7 Å². The van der Waals surface area contributed by atoms with Gasteiger partial charge in [0, 0.05) is 25.5 Å². The van der Waals surface area contributed by atoms with Gasteiger partial charge in [-0.15, -0.1) is 0 Å². The fourth-order valence-corrected chi connectivity index (χ4v) is 1.94. The number of fused-ring (bicyclic) bond motifs is 1. The Morgan fingerprint density at radius 2 is 2.21 bits per heavy atom. The molecule has 0 aliphatic rings. The van der Waals surface area contributed by atoms with Gasteiger partial charge in [0.05, 0.1) is 12.1 Å². The van der Waals surface area contributed by atoms with Gasteiger partial charge in [0.25, 0.3) is 0 Å². The van der Waals surface area contributed by atoms with E-state index in [1.54, 1.807) is 0 Å². The molecule has 2 aromatic rings. The Balaban J connectivity index is 1.78. The van der Waals surface area contributed by atoms with Gasteiger partial charge in [0.2, 0.25) is 5.91 Å². The van der Waals surface area contributed by atoms with E-state index >= 15 is 0 Å². The number of nitrogens with zero attached hydrogens (tertiary/aromatic N) is 2. The lowest BCUT2D eigenvalue weighted by Crippen LogP contribution is -2.26. The van der Waals surface area contributed by atoms with Crippen LogP contribution in [-0.4, -0.2) is 33.6 Å². The van der Waals surface area contributed by atoms with Crippen LogP contribution < -0.4 is 5.32 Å². The molecule has 2 N–H and O–H groups in total. The summed E-state index contributed by atoms with van der Waals surface area (Å²) in [5, 5.41) is 11.5. The van der Waals surface area contributed by atoms with Gasteiger partial charge >= 0.3 is 0 Å². The Bertz CT molecular complexity index is 503. The second kappa shape index (κ2) is 6.89. The molecule has 0 saturated carbocycles. The number of carbonyl (C=O) groups is 1. The minimum Gasteiger partial charge on any atom is -0.396 e. The number of hydrogen-bond acceptors (Lipinski definition) is 3. The zero-order valence-electron chi connectivity index (χ0n) is 10.9. The van der Waals surface area contributed by atoms with Crippen LogP contribution in [0.3, 0.4) is 0 Å². The van der Waals surface area contributed by atoms with E-state index in [1.165, 1.54) is 0 Å². The van der Waals surface area contributed by atoms with Crippen molar-refractivity contribution in [3.63, 3.8) is 0 Å². The summed E-state index contributed by atoms with van der Waals surface area (Å²) < 4.78 is 1.91. The molecule has 102 valence electrons. The molecular formula is C14H19N3O2. The molecule has 2 rings (SSSR count). The molecule has 0 aliphatic carbocycles. The van der Waals surface area contributed by atoms with Gasteiger partial charge < -0.3 is 14.8 Å². The molecule has 2 heterocycles. The monoisotopic (exact) mass is 261 g/mol. The molecule has 0 bridgehead atoms. The third-order valence-electron chi connectivity index (χ3n) is 2.91. The fraction of sp³-hybridized carbons (Fsp3) is 0.429. The van der Waals surface area contributed by atoms with Crippen LogP contribution in [0.25, 0.3) is 5.65 Å². The van der Waals surface area contributed by atoms with Crippen molar-refractivity contribution in [3.8, 4) is 0 Å². The molecule has 0 fully saturated rings. The number of rotatable bonds is 7. The molecule has 0 saturated heterocycles. The van der Waals surface area contributed by atoms with Crippen LogP contribution in [-0.2, 0) is 11.2 Å². The number of carbonyl (C=O) groups excluding carboxylic acids is 1. The summed E-state index contributed by atoms with van der Waals surface area (Å²) in [6, 6.07) is 5.77. The second-order valence-corrected chi connectivity index (χ2v) is 4.51. The van der Waals surface area contributed by atoms with E-state index in [9.17, 15) is 4.79 Å². The van der Waals surface area contributed by atoms with E-state index in [2.05, 4.69) is 10.3 Å². The number of nitrogens with one attached hydrogen (secondary N) is 1. The van der Waals surface area contributed by atoms with Crippen LogP contribution in [0.15, 0.2) is 30.6 Å². The van der Waals surface area contributed by atoms with Crippen LogP contribution >= 0.6 is 0 Å². The second-order valence-electron chi connectivity index (χ2n) is 4.51. The molecule has 0 unspecified atom stereocenters. The van der Waals surface area contributed by atoms with Crippen LogP contribution in [0.4, 0.5) is 0 Å². The molecule has 2 aromatic heterocycles. The largest absolute Gasteiger partial charge is 0.396 e. The molecule has 0 aliphatic heterocycles. The van der Waals surface area contributed by atoms with Crippen molar-refractivity contribution in [2.75, 3.05) is 13.2 Å². The zero-order valence-corrected chi connectivity index (χ0v) is 10.9. The van der Waals surface area contributed by atoms with E-state index in [1.807, 2.05) is 35.0 Å². The van der Waals surface area contributed by atoms with Crippen LogP contribution in [0, 0.1) is 0 Å². The third-order valence-corrected chi connectivity index (χ3v) is 2.91. The van der Waals surface area contributed by atoms with Gasteiger partial charge in [-0.1, -0.05) is 6.07 Å². The number of hydrogen-bond donors (Lipinski definition) is 2. The molecule has 19 heavy (non-hydrogen) atoms. The maximum Gasteiger partial charge on any atom is 0.226 e. The number of aliphatic hydroxyl groups is 1. The summed E-state index contributed by atoms with van der Waals surface area (Å²) in [5.41, 5.74) is 1.63. The van der Waals surface area contributed by atoms with Crippen LogP contribution in [0.2, 0.25) is 0 Å². The average molecular weight is 261 g/mol. The number of aromatic nitrogens is 2. The molecule has 1 amide bonds. The molecule has 0 atom stereocenters. The molecular weight excluding hydrogens is 242 g/mol. The first-order valence-corrected chi connectivity index (χ1v) is 6.60. The summed E-state index contributed by atoms with van der Waals surface area (Å²) in [5.74, 6) is -0.00703. The average Bonchev–Trinajstić information content (AvgIpc) is 2.80. The van der Waals surface area contributed by atoms with Crippen LogP contribution in [0.1, 0.15) is 25.0 Å². The van der Waals surface area contributed by atoms with Gasteiger partial charge in [0.1, 0.15) is 5.65 Å². The van der Waals surface area contributed by atoms with Crippen LogP contribution in [0.5, 0.6) is 0 Å². The van der Waals surface area contributed by atoms with Crippen molar-refractivity contribution < 1.29 is 9.90 Å². The van der Waals surface area contributed by atoms with Gasteiger partial charge in [-0.2, -0.15) is 0 Å². The molecule has 0 aromatic carbocycles. The highest BCUT2D eigenvalue weighted by Crippen LogP contribution is 2.05. The molecule has 5 heteroatoms. The van der Waals surface area contributed by atoms with Crippen molar-refractivity contribution in [2.24, 2.45) is 0 Å². The Morgan fingerprint density at radius 3 is 3.00 bits per heavy atom. The Hall–Kier alpha value is -1.88. The first-order chi connectivity index (χ1) is 9.29. The zero-order chi connectivity index (χ0) is 13.5. The SMILES string of the molecule is O=C(Cc1cn2ccccc2n1)NCCCCCO. The maximum absolute atomic E-state index is 11.7. The van der Waals surface area contributed by atoms with Gasteiger partial charge in [-0.3, -0.25) is 4.79 Å². The van der Waals surface area contributed by atoms with Gasteiger partial charge in [-0.25, -0.2) is 4.98 Å². The molecule has 0 spiro atoms. The topological polar surface area (TPSA) is 66.6 Å². The summed E-state index contributed by atoms with van der Waals surface area (Å²) >= 11 is 0. The van der Waals surface area contributed by atoms with E-state index in [4.69, 9.17) is 5.11 Å². The Kier molecular flexibility index (Phi) is 4.92. The van der Waals surface area contributed by atoms with Crippen molar-refractivity contribution in [1.82, 2.24) is 14.7 Å². The number of pyridine rings is 1. The quantitative estimate of drug-likeness (QED) is 0.735. The normalized spacial score (nSPS) is 10.8. The Morgan fingerprint density at radius 1 is 1.32 bits per heavy atom. The summed E-state index contributed by atoms with van der Waals surface area (Å²) in [7, 11) is 0. The summed E-state index contributed by atoms with van der Waals surface area (Å²) in [6.07, 6.45) is 6.73. The highest BCUT2D eigenvalue weighted by atomic mass is 16.2. The predicted molar refractivity (Wildman–Crippen MR) is 72.8 cm³/mol. The van der Waals surface area contributed by atoms with Crippen molar-refractivity contribution in [1.29, 1.82) is 0 Å². The first-order valence-electron chi connectivity index (χ1n) is 6.60. The minimum atomic E-state index is -0.00703. The smallest absolute Gasteiger partial charge is 0.226 e. The summed E-state index contributed by atoms with van der Waals surface area (Å²) in [4.78, 5) is 16.1. The molecule has 5 nitrogen and oxygen atoms in total. The lowest BCUT2D eigenvalue weighted by molar-refractivity contribution is -0.120. The van der Waals surface area contributed by atoms with E-state index < -0.39 is 0 Å². The first kappa shape index (κ1) is 13.5. The van der Waals surface area contributed by atoms with Crippen molar-refractivity contribution in [3.05, 3.63) is 36.3 Å². The third kappa shape index (κ3) is 4.06. The lowest BCUT2D eigenvalue weighted by atomic mass is 10.2. The standard InChI is InChI=1S/C14H19N3O2/c18-9-5-1-3-7-15-14(19)10-12-11-17-8-4-2-6-13(17)16-12/h2,4,6,8,11,18H,1,3,5,7,9-10H2,(H,15,19). The lowest BCUT2D eigenvalue weighted by Gasteiger charge is -2.03. The predicted octanol–water partition coefficient (Wildman–Crippen LogP) is 1.16. The summed E-state index contributed by atoms with van der Waals surface area (Å²) in [6.45, 7) is 0.876. The fourth-order valence-electron chi connectivity index (χ4n) is 1.94.